The number of nitrogens with one attached hydrogen (secondary N) is 2. The summed E-state index contributed by atoms with van der Waals surface area (Å²) >= 11 is 0.956. The van der Waals surface area contributed by atoms with Gasteiger partial charge in [0.25, 0.3) is 5.56 Å². The van der Waals surface area contributed by atoms with Gasteiger partial charge in [0.2, 0.25) is 5.91 Å². The summed E-state index contributed by atoms with van der Waals surface area (Å²) in [6.45, 7) is 1.57. The number of nitrogens with zero attached hydrogens (tertiary/aromatic N) is 2. The molecule has 1 aromatic heterocycles. The predicted octanol–water partition coefficient (Wildman–Crippen LogP) is 2.46. The van der Waals surface area contributed by atoms with Crippen LogP contribution in [0.2, 0.25) is 0 Å². The molecule has 0 bridgehead atoms. The molecule has 0 aliphatic heterocycles. The molecule has 1 unspecified atom stereocenters. The van der Waals surface area contributed by atoms with Gasteiger partial charge in [-0.25, -0.2) is 14.2 Å². The third-order valence-corrected chi connectivity index (χ3v) is 5.01. The minimum Gasteiger partial charge on any atom is -0.341 e. The van der Waals surface area contributed by atoms with Gasteiger partial charge in [-0.15, -0.1) is 0 Å². The number of rotatable bonds is 4. The summed E-state index contributed by atoms with van der Waals surface area (Å²) < 4.78 is 15.6. The molecule has 144 valence electrons. The van der Waals surface area contributed by atoms with Gasteiger partial charge in [-0.05, 0) is 31.2 Å². The number of hydrogen-bond acceptors (Lipinski definition) is 5. The number of aromatic nitrogens is 2. The highest BCUT2D eigenvalue weighted by Gasteiger charge is 2.22. The average Bonchev–Trinajstić information content (AvgIpc) is 2.69. The first-order chi connectivity index (χ1) is 13.4. The van der Waals surface area contributed by atoms with Crippen LogP contribution in [0.3, 0.4) is 0 Å². The maximum atomic E-state index is 14.4. The van der Waals surface area contributed by atoms with E-state index in [2.05, 4.69) is 15.6 Å². The number of halogens is 1. The monoisotopic (exact) mass is 400 g/mol. The highest BCUT2D eigenvalue weighted by Crippen LogP contribution is 2.26. The zero-order valence-corrected chi connectivity index (χ0v) is 15.9. The van der Waals surface area contributed by atoms with Crippen LogP contribution in [-0.2, 0) is 4.79 Å². The Bertz CT molecular complexity index is 1120. The van der Waals surface area contributed by atoms with E-state index in [9.17, 15) is 18.8 Å². The number of fused-ring (bicyclic) bond motifs is 1. The number of amides is 3. The number of urea groups is 1. The van der Waals surface area contributed by atoms with Gasteiger partial charge in [0.05, 0.1) is 21.8 Å². The van der Waals surface area contributed by atoms with E-state index in [1.54, 1.807) is 37.3 Å². The van der Waals surface area contributed by atoms with E-state index in [1.807, 2.05) is 0 Å². The van der Waals surface area contributed by atoms with Crippen molar-refractivity contribution < 1.29 is 14.0 Å². The Morgan fingerprint density at radius 2 is 1.82 bits per heavy atom. The van der Waals surface area contributed by atoms with Crippen LogP contribution in [-0.4, -0.2) is 33.8 Å². The molecule has 1 atom stereocenters. The minimum atomic E-state index is -0.761. The quantitative estimate of drug-likeness (QED) is 0.518. The number of benzene rings is 2. The number of carbonyl (C=O) groups is 2. The first-order valence-corrected chi connectivity index (χ1v) is 9.26. The highest BCUT2D eigenvalue weighted by atomic mass is 32.2. The van der Waals surface area contributed by atoms with E-state index < -0.39 is 28.6 Å². The Balaban J connectivity index is 2.12. The van der Waals surface area contributed by atoms with Crippen LogP contribution in [0.5, 0.6) is 0 Å². The molecule has 2 aromatic carbocycles. The lowest BCUT2D eigenvalue weighted by atomic mass is 10.2. The molecule has 0 saturated heterocycles. The lowest BCUT2D eigenvalue weighted by Gasteiger charge is -2.16. The minimum absolute atomic E-state index is 0.0344. The van der Waals surface area contributed by atoms with Gasteiger partial charge in [0.1, 0.15) is 5.82 Å². The Morgan fingerprint density at radius 3 is 2.54 bits per heavy atom. The third-order valence-electron chi connectivity index (χ3n) is 3.95. The van der Waals surface area contributed by atoms with E-state index in [4.69, 9.17) is 0 Å². The molecule has 3 aromatic rings. The van der Waals surface area contributed by atoms with Gasteiger partial charge >= 0.3 is 6.03 Å². The maximum Gasteiger partial charge on any atom is 0.321 e. The van der Waals surface area contributed by atoms with Crippen molar-refractivity contribution in [1.82, 2.24) is 20.2 Å². The Labute approximate surface area is 164 Å². The molecule has 0 saturated carbocycles. The molecule has 3 rings (SSSR count). The van der Waals surface area contributed by atoms with Gasteiger partial charge in [0.15, 0.2) is 5.16 Å². The average molecular weight is 400 g/mol. The van der Waals surface area contributed by atoms with Crippen molar-refractivity contribution in [2.45, 2.75) is 17.3 Å². The Kier molecular flexibility index (Phi) is 5.74. The maximum absolute atomic E-state index is 14.4. The fourth-order valence-electron chi connectivity index (χ4n) is 2.52. The van der Waals surface area contributed by atoms with Crippen LogP contribution < -0.4 is 16.2 Å². The van der Waals surface area contributed by atoms with E-state index in [1.165, 1.54) is 25.2 Å². The lowest BCUT2D eigenvalue weighted by molar-refractivity contribution is -0.119. The second kappa shape index (κ2) is 8.22. The molecule has 0 radical (unpaired) electrons. The van der Waals surface area contributed by atoms with Crippen LogP contribution in [0, 0.1) is 5.82 Å². The summed E-state index contributed by atoms with van der Waals surface area (Å²) in [6.07, 6.45) is 0. The van der Waals surface area contributed by atoms with Crippen LogP contribution >= 0.6 is 11.8 Å². The van der Waals surface area contributed by atoms with Gasteiger partial charge in [-0.1, -0.05) is 36.0 Å². The van der Waals surface area contributed by atoms with E-state index in [0.717, 1.165) is 16.3 Å². The molecule has 3 amide bonds. The highest BCUT2D eigenvalue weighted by molar-refractivity contribution is 8.00. The van der Waals surface area contributed by atoms with Crippen molar-refractivity contribution in [3.63, 3.8) is 0 Å². The van der Waals surface area contributed by atoms with Crippen molar-refractivity contribution in [3.8, 4) is 5.69 Å². The van der Waals surface area contributed by atoms with Crippen molar-refractivity contribution in [3.05, 3.63) is 64.7 Å². The molecular formula is C19H17FN4O3S. The van der Waals surface area contributed by atoms with Crippen molar-refractivity contribution in [1.29, 1.82) is 0 Å². The van der Waals surface area contributed by atoms with Crippen LogP contribution in [0.4, 0.5) is 9.18 Å². The smallest absolute Gasteiger partial charge is 0.321 e. The summed E-state index contributed by atoms with van der Waals surface area (Å²) in [5.41, 5.74) is 0.0192. The van der Waals surface area contributed by atoms with Crippen LogP contribution in [0.1, 0.15) is 6.92 Å². The van der Waals surface area contributed by atoms with Crippen LogP contribution in [0.25, 0.3) is 16.6 Å². The standard InChI is InChI=1S/C19H17FN4O3S/c1-11(16(25)23-18(27)21-2)28-19-22-14-9-5-3-7-12(14)17(26)24(19)15-10-6-4-8-13(15)20/h3-11H,1-2H3,(H2,21,23,25,27). The van der Waals surface area contributed by atoms with Crippen LogP contribution in [0.15, 0.2) is 58.5 Å². The molecule has 1 heterocycles. The van der Waals surface area contributed by atoms with E-state index in [-0.39, 0.29) is 10.8 Å². The summed E-state index contributed by atoms with van der Waals surface area (Å²) in [7, 11) is 1.39. The summed E-state index contributed by atoms with van der Waals surface area (Å²) in [4.78, 5) is 41.1. The predicted molar refractivity (Wildman–Crippen MR) is 105 cm³/mol. The third kappa shape index (κ3) is 3.89. The summed E-state index contributed by atoms with van der Waals surface area (Å²) in [6, 6.07) is 11.9. The summed E-state index contributed by atoms with van der Waals surface area (Å²) in [5.74, 6) is -1.15. The van der Waals surface area contributed by atoms with E-state index >= 15 is 0 Å². The number of thioether (sulfide) groups is 1. The van der Waals surface area contributed by atoms with Gasteiger partial charge in [-0.3, -0.25) is 19.5 Å². The number of hydrogen-bond donors (Lipinski definition) is 2. The number of imide groups is 1. The fraction of sp³-hybridized carbons (Fsp3) is 0.158. The molecule has 9 heteroatoms. The van der Waals surface area contributed by atoms with Crippen molar-refractivity contribution in [2.24, 2.45) is 0 Å². The molecular weight excluding hydrogens is 383 g/mol. The lowest BCUT2D eigenvalue weighted by Crippen LogP contribution is -2.41. The van der Waals surface area contributed by atoms with Gasteiger partial charge in [-0.2, -0.15) is 0 Å². The second-order valence-electron chi connectivity index (χ2n) is 5.83. The fourth-order valence-corrected chi connectivity index (χ4v) is 3.44. The molecule has 28 heavy (non-hydrogen) atoms. The first kappa shape index (κ1) is 19.6. The second-order valence-corrected chi connectivity index (χ2v) is 7.14. The number of carbonyl (C=O) groups excluding carboxylic acids is 2. The SMILES string of the molecule is CNC(=O)NC(=O)C(C)Sc1nc2ccccc2c(=O)n1-c1ccccc1F. The molecule has 0 aliphatic rings. The van der Waals surface area contributed by atoms with Gasteiger partial charge < -0.3 is 5.32 Å². The molecule has 0 fully saturated rings. The zero-order valence-electron chi connectivity index (χ0n) is 15.1. The summed E-state index contributed by atoms with van der Waals surface area (Å²) in [5, 5.41) is 4.18. The zero-order chi connectivity index (χ0) is 20.3. The molecule has 2 N–H and O–H groups in total. The van der Waals surface area contributed by atoms with Gasteiger partial charge in [0, 0.05) is 7.05 Å². The number of para-hydroxylation sites is 2. The largest absolute Gasteiger partial charge is 0.341 e. The topological polar surface area (TPSA) is 93.1 Å². The van der Waals surface area contributed by atoms with Crippen molar-refractivity contribution >= 4 is 34.6 Å². The molecule has 0 spiro atoms. The van der Waals surface area contributed by atoms with Crippen molar-refractivity contribution in [2.75, 3.05) is 7.05 Å². The van der Waals surface area contributed by atoms with E-state index in [0.29, 0.717) is 10.9 Å². The Hall–Kier alpha value is -3.20. The normalized spacial score (nSPS) is 11.8. The Morgan fingerprint density at radius 1 is 1.14 bits per heavy atom. The molecule has 0 aliphatic carbocycles. The first-order valence-electron chi connectivity index (χ1n) is 8.38. The molecule has 7 nitrogen and oxygen atoms in total.